The Labute approximate surface area is 147 Å². The Bertz CT molecular complexity index is 731. The number of nitrogens with one attached hydrogen (secondary N) is 1. The minimum absolute atomic E-state index is 0.0617. The number of hydrogen-bond acceptors (Lipinski definition) is 5. The van der Waals surface area contributed by atoms with E-state index in [1.54, 1.807) is 12.3 Å². The number of aromatic nitrogens is 1. The van der Waals surface area contributed by atoms with Gasteiger partial charge in [0.2, 0.25) is 0 Å². The van der Waals surface area contributed by atoms with Crippen LogP contribution in [0.1, 0.15) is 18.6 Å². The molecule has 0 spiro atoms. The van der Waals surface area contributed by atoms with Crippen molar-refractivity contribution in [1.82, 2.24) is 9.88 Å². The molecule has 0 aromatic carbocycles. The number of hydrogen-bond donors (Lipinski definition) is 1. The number of nitriles is 1. The molecule has 1 N–H and O–H groups in total. The number of furan rings is 1. The van der Waals surface area contributed by atoms with Gasteiger partial charge in [-0.3, -0.25) is 0 Å². The summed E-state index contributed by atoms with van der Waals surface area (Å²) in [6.45, 7) is 0.885. The minimum atomic E-state index is -1.29. The van der Waals surface area contributed by atoms with Crippen LogP contribution in [0.5, 0.6) is 0 Å². The number of pyridine rings is 1. The molecule has 2 aromatic rings. The predicted molar refractivity (Wildman–Crippen MR) is 80.6 cm³/mol. The van der Waals surface area contributed by atoms with E-state index in [-0.39, 0.29) is 15.9 Å². The molecule has 1 unspecified atom stereocenters. The molecule has 3 heterocycles. The Balaban J connectivity index is 1.82. The number of piperidine rings is 1. The van der Waals surface area contributed by atoms with Crippen LogP contribution in [-0.2, 0) is 0 Å². The van der Waals surface area contributed by atoms with Gasteiger partial charge in [-0.05, 0) is 0 Å². The topological polar surface area (TPSA) is 65.1 Å². The predicted octanol–water partition coefficient (Wildman–Crippen LogP) is 0.268. The molecule has 0 amide bonds. The Morgan fingerprint density at radius 1 is 1.64 bits per heavy atom. The van der Waals surface area contributed by atoms with Crippen molar-refractivity contribution in [2.45, 2.75) is 22.9 Å². The first-order valence-corrected chi connectivity index (χ1v) is 9.67. The third-order valence-electron chi connectivity index (χ3n) is 3.85. The second-order valence-electron chi connectivity index (χ2n) is 5.28. The maximum absolute atomic E-state index is 13.1. The van der Waals surface area contributed by atoms with Gasteiger partial charge in [0, 0.05) is 0 Å². The molecule has 118 valence electrons. The fraction of sp³-hybridized carbons (Fsp3) is 0.429. The second kappa shape index (κ2) is 6.68. The Morgan fingerprint density at radius 2 is 2.45 bits per heavy atom. The van der Waals surface area contributed by atoms with Crippen LogP contribution in [0.15, 0.2) is 21.2 Å². The second-order valence-corrected chi connectivity index (χ2v) is 7.99. The summed E-state index contributed by atoms with van der Waals surface area (Å²) in [5, 5.41) is 13.1. The van der Waals surface area contributed by atoms with Crippen LogP contribution in [0.3, 0.4) is 0 Å². The van der Waals surface area contributed by atoms with Crippen LogP contribution in [0, 0.1) is 11.3 Å². The molecule has 5 nitrogen and oxygen atoms in total. The first kappa shape index (κ1) is 16.0. The van der Waals surface area contributed by atoms with Crippen LogP contribution in [0.4, 0.5) is 8.68 Å². The SMILES string of the molecule is CN1CCC(Nc2ncc3oc(C#N)cc3c2Br)C[C@H]1[I-]F. The van der Waals surface area contributed by atoms with Crippen LogP contribution in [0.2, 0.25) is 0 Å². The summed E-state index contributed by atoms with van der Waals surface area (Å²) in [6, 6.07) is 3.88. The molecule has 8 heteroatoms. The molecule has 3 rings (SSSR count). The van der Waals surface area contributed by atoms with Gasteiger partial charge in [0.15, 0.2) is 0 Å². The number of fused-ring (bicyclic) bond motifs is 1. The third kappa shape index (κ3) is 3.07. The fourth-order valence-corrected chi connectivity index (χ4v) is 4.56. The Morgan fingerprint density at radius 3 is 3.18 bits per heavy atom. The van der Waals surface area contributed by atoms with Gasteiger partial charge in [-0.15, -0.1) is 0 Å². The van der Waals surface area contributed by atoms with Crippen molar-refractivity contribution >= 4 is 32.7 Å². The Kier molecular flexibility index (Phi) is 4.84. The number of nitrogens with zero attached hydrogens (tertiary/aromatic N) is 3. The quantitative estimate of drug-likeness (QED) is 0.389. The van der Waals surface area contributed by atoms with Gasteiger partial charge in [0.05, 0.1) is 0 Å². The number of halogens is 3. The molecule has 22 heavy (non-hydrogen) atoms. The van der Waals surface area contributed by atoms with Gasteiger partial charge in [0.1, 0.15) is 0 Å². The molecule has 1 saturated heterocycles. The van der Waals surface area contributed by atoms with Gasteiger partial charge in [-0.2, -0.15) is 0 Å². The van der Waals surface area contributed by atoms with E-state index in [0.717, 1.165) is 29.2 Å². The van der Waals surface area contributed by atoms with Crippen molar-refractivity contribution in [1.29, 1.82) is 5.26 Å². The standard InChI is InChI=1S/C14H14BrFIN4O/c1-21-3-2-8(4-12(21)17-16)20-14-13(15)10-5-9(6-18)22-11(10)7-19-14/h5,7-8,12H,2-4H2,1H3,(H,19,20)/q-1/t8?,12-/m0/s1. The first-order chi connectivity index (χ1) is 10.6. The summed E-state index contributed by atoms with van der Waals surface area (Å²) >= 11 is 2.23. The molecular weight excluding hydrogens is 466 g/mol. The molecule has 1 aliphatic rings. The van der Waals surface area contributed by atoms with Gasteiger partial charge in [0.25, 0.3) is 0 Å². The van der Waals surface area contributed by atoms with E-state index in [0.29, 0.717) is 11.4 Å². The molecule has 1 fully saturated rings. The van der Waals surface area contributed by atoms with E-state index in [9.17, 15) is 2.86 Å². The van der Waals surface area contributed by atoms with Gasteiger partial charge in [-0.25, -0.2) is 0 Å². The van der Waals surface area contributed by atoms with Gasteiger partial charge >= 0.3 is 147 Å². The van der Waals surface area contributed by atoms with Crippen molar-refractivity contribution in [3.63, 3.8) is 0 Å². The number of anilines is 1. The van der Waals surface area contributed by atoms with Gasteiger partial charge < -0.3 is 0 Å². The van der Waals surface area contributed by atoms with E-state index in [2.05, 4.69) is 31.1 Å². The molecule has 2 atom stereocenters. The number of likely N-dealkylation sites (tertiary alicyclic amines) is 1. The summed E-state index contributed by atoms with van der Waals surface area (Å²) in [5.41, 5.74) is 0.574. The monoisotopic (exact) mass is 479 g/mol. The summed E-state index contributed by atoms with van der Waals surface area (Å²) in [7, 11) is 1.98. The summed E-state index contributed by atoms with van der Waals surface area (Å²) in [5.74, 6) is 0.972. The van der Waals surface area contributed by atoms with Crippen LogP contribution < -0.4 is 27.1 Å². The van der Waals surface area contributed by atoms with E-state index in [4.69, 9.17) is 9.68 Å². The molecule has 0 radical (unpaired) electrons. The normalized spacial score (nSPS) is 22.8. The zero-order chi connectivity index (χ0) is 15.7. The zero-order valence-electron chi connectivity index (χ0n) is 11.8. The number of alkyl halides is 1. The molecule has 1 aliphatic heterocycles. The van der Waals surface area contributed by atoms with E-state index in [1.165, 1.54) is 0 Å². The first-order valence-electron chi connectivity index (χ1n) is 6.81. The molecular formula is C14H14BrFIN4O-. The van der Waals surface area contributed by atoms with Crippen molar-refractivity contribution in [2.24, 2.45) is 0 Å². The maximum atomic E-state index is 13.1. The fourth-order valence-electron chi connectivity index (χ4n) is 2.59. The van der Waals surface area contributed by atoms with Crippen LogP contribution in [-0.4, -0.2) is 33.6 Å². The molecule has 0 bridgehead atoms. The average molecular weight is 480 g/mol. The molecule has 0 aliphatic carbocycles. The molecule has 0 saturated carbocycles. The van der Waals surface area contributed by atoms with E-state index in [1.807, 2.05) is 13.1 Å². The summed E-state index contributed by atoms with van der Waals surface area (Å²) < 4.78 is 19.3. The van der Waals surface area contributed by atoms with Gasteiger partial charge in [-0.1, -0.05) is 0 Å². The summed E-state index contributed by atoms with van der Waals surface area (Å²) in [4.78, 5) is 6.46. The van der Waals surface area contributed by atoms with Crippen LogP contribution in [0.25, 0.3) is 11.0 Å². The van der Waals surface area contributed by atoms with Crippen molar-refractivity contribution in [3.8, 4) is 6.07 Å². The van der Waals surface area contributed by atoms with Crippen LogP contribution >= 0.6 is 15.9 Å². The van der Waals surface area contributed by atoms with E-state index < -0.39 is 21.8 Å². The van der Waals surface area contributed by atoms with Crippen molar-refractivity contribution in [3.05, 3.63) is 22.5 Å². The van der Waals surface area contributed by atoms with Crippen molar-refractivity contribution in [2.75, 3.05) is 18.9 Å². The Hall–Kier alpha value is -0.920. The summed E-state index contributed by atoms with van der Waals surface area (Å²) in [6.07, 6.45) is 3.36. The van der Waals surface area contributed by atoms with Crippen molar-refractivity contribution < 1.29 is 29.1 Å². The number of rotatable bonds is 3. The average Bonchev–Trinajstić information content (AvgIpc) is 2.96. The molecule has 2 aromatic heterocycles. The third-order valence-corrected chi connectivity index (χ3v) is 6.66. The zero-order valence-corrected chi connectivity index (χ0v) is 15.6. The van der Waals surface area contributed by atoms with E-state index >= 15 is 0 Å².